The summed E-state index contributed by atoms with van der Waals surface area (Å²) in [6.45, 7) is 3.43. The minimum absolute atomic E-state index is 0. The van der Waals surface area contributed by atoms with Crippen molar-refractivity contribution in [3.63, 3.8) is 0 Å². The smallest absolute Gasteiger partial charge is 1.00 e. The summed E-state index contributed by atoms with van der Waals surface area (Å²) in [7, 11) is 6.19. The Morgan fingerprint density at radius 1 is 0.734 bits per heavy atom. The molecule has 0 radical (unpaired) electrons. The Labute approximate surface area is 465 Å². The van der Waals surface area contributed by atoms with Crippen LogP contribution < -0.4 is 118 Å². The van der Waals surface area contributed by atoms with Crippen molar-refractivity contribution >= 4 is 57.9 Å². The van der Waals surface area contributed by atoms with Crippen LogP contribution in [0.2, 0.25) is 5.15 Å². The van der Waals surface area contributed by atoms with Crippen molar-refractivity contribution < 1.29 is 148 Å². The van der Waals surface area contributed by atoms with Gasteiger partial charge in [0.2, 0.25) is 0 Å². The molecule has 0 aliphatic carbocycles. The van der Waals surface area contributed by atoms with Gasteiger partial charge in [0.1, 0.15) is 11.4 Å². The van der Waals surface area contributed by atoms with Gasteiger partial charge >= 0.3 is 115 Å². The Morgan fingerprint density at radius 2 is 1.25 bits per heavy atom. The van der Waals surface area contributed by atoms with E-state index in [9.17, 15) is 9.59 Å². The summed E-state index contributed by atoms with van der Waals surface area (Å²) in [5, 5.41) is 12.1. The number of aromatic nitrogens is 4. The number of anilines is 1. The number of nitrogens with one attached hydrogen (secondary N) is 1. The molecule has 0 unspecified atom stereocenters. The SMILES string of the molecule is C.COC(=O)c1ccc2nc(-c3ccccc3)c(Cl)nc2c1.COC[C@H]1CCCN1.COC[C@H]1CCCN1c1nc2cc(C(=O)OC)ccc2nc1-c1ccccc1.O=CO[O-].[H-].[K+].[K+]. The molecule has 2 fully saturated rings. The van der Waals surface area contributed by atoms with Crippen LogP contribution in [0, 0.1) is 0 Å². The van der Waals surface area contributed by atoms with Crippen LogP contribution in [-0.2, 0) is 28.6 Å². The minimum atomic E-state index is -0.415. The summed E-state index contributed by atoms with van der Waals surface area (Å²) in [6, 6.07) is 30.9. The number of esters is 2. The van der Waals surface area contributed by atoms with Crippen molar-refractivity contribution in [1.29, 1.82) is 0 Å². The number of methoxy groups -OCH3 is 4. The van der Waals surface area contributed by atoms with E-state index in [1.165, 1.54) is 33.6 Å². The predicted octanol–water partition coefficient (Wildman–Crippen LogP) is 1.01. The number of nitrogens with zero attached hydrogens (tertiary/aromatic N) is 5. The van der Waals surface area contributed by atoms with Crippen molar-refractivity contribution in [2.75, 3.05) is 59.6 Å². The largest absolute Gasteiger partial charge is 1.00 e. The number of ether oxygens (including phenoxy) is 4. The van der Waals surface area contributed by atoms with Crippen LogP contribution in [0.15, 0.2) is 97.1 Å². The Bertz CT molecular complexity index is 2370. The van der Waals surface area contributed by atoms with Crippen LogP contribution in [0.3, 0.4) is 0 Å². The summed E-state index contributed by atoms with van der Waals surface area (Å²) in [4.78, 5) is 55.7. The van der Waals surface area contributed by atoms with E-state index in [1.54, 1.807) is 44.6 Å². The molecular formula is C46H53ClK2N6O9. The van der Waals surface area contributed by atoms with E-state index in [2.05, 4.69) is 29.8 Å². The molecule has 0 saturated carbocycles. The fraction of sp³-hybridized carbons (Fsp3) is 0.326. The van der Waals surface area contributed by atoms with Crippen LogP contribution in [0.5, 0.6) is 0 Å². The van der Waals surface area contributed by atoms with Gasteiger partial charge in [0.25, 0.3) is 6.47 Å². The minimum Gasteiger partial charge on any atom is -1.00 e. The molecule has 0 bridgehead atoms. The van der Waals surface area contributed by atoms with Crippen molar-refractivity contribution in [1.82, 2.24) is 25.3 Å². The van der Waals surface area contributed by atoms with E-state index in [-0.39, 0.29) is 130 Å². The topological polar surface area (TPSA) is 187 Å². The maximum Gasteiger partial charge on any atom is 1.00 e. The third-order valence-electron chi connectivity index (χ3n) is 9.78. The normalized spacial score (nSPS) is 14.6. The zero-order valence-electron chi connectivity index (χ0n) is 37.4. The predicted molar refractivity (Wildman–Crippen MR) is 238 cm³/mol. The van der Waals surface area contributed by atoms with Crippen molar-refractivity contribution in [3.05, 3.63) is 113 Å². The molecule has 15 nitrogen and oxygen atoms in total. The summed E-state index contributed by atoms with van der Waals surface area (Å²) in [5.74, 6) is 0.0399. The van der Waals surface area contributed by atoms with Crippen LogP contribution in [0.1, 0.15) is 55.3 Å². The summed E-state index contributed by atoms with van der Waals surface area (Å²) >= 11 is 6.21. The molecule has 1 N–H and O–H groups in total. The molecule has 2 aliphatic rings. The van der Waals surface area contributed by atoms with Crippen molar-refractivity contribution in [2.24, 2.45) is 0 Å². The molecule has 4 heterocycles. The van der Waals surface area contributed by atoms with Crippen molar-refractivity contribution in [2.45, 2.75) is 45.2 Å². The summed E-state index contributed by atoms with van der Waals surface area (Å²) < 4.78 is 19.9. The summed E-state index contributed by atoms with van der Waals surface area (Å²) in [6.07, 6.45) is 4.75. The number of hydrogen-bond acceptors (Lipinski definition) is 15. The first-order chi connectivity index (χ1) is 29.7. The first kappa shape index (κ1) is 57.3. The van der Waals surface area contributed by atoms with Gasteiger partial charge in [0, 0.05) is 37.9 Å². The number of carbonyl (C=O) groups is 3. The maximum absolute atomic E-state index is 11.9. The van der Waals surface area contributed by atoms with E-state index >= 15 is 0 Å². The van der Waals surface area contributed by atoms with Crippen LogP contribution in [0.25, 0.3) is 44.6 Å². The van der Waals surface area contributed by atoms with Gasteiger partial charge in [0.05, 0.1) is 66.7 Å². The fourth-order valence-corrected chi connectivity index (χ4v) is 7.16. The molecule has 0 spiro atoms. The zero-order chi connectivity index (χ0) is 43.6. The van der Waals surface area contributed by atoms with Gasteiger partial charge in [-0.15, -0.1) is 0 Å². The van der Waals surface area contributed by atoms with Gasteiger partial charge in [0.15, 0.2) is 11.0 Å². The van der Waals surface area contributed by atoms with Gasteiger partial charge in [-0.2, -0.15) is 0 Å². The maximum atomic E-state index is 11.9. The molecule has 330 valence electrons. The zero-order valence-corrected chi connectivity index (χ0v) is 43.4. The number of rotatable bonds is 10. The average Bonchev–Trinajstić information content (AvgIpc) is 4.01. The molecule has 2 atom stereocenters. The number of carbonyl (C=O) groups excluding carboxylic acids is 3. The molecule has 2 saturated heterocycles. The van der Waals surface area contributed by atoms with Crippen LogP contribution >= 0.6 is 11.6 Å². The number of fused-ring (bicyclic) bond motifs is 2. The molecule has 4 aromatic carbocycles. The molecule has 64 heavy (non-hydrogen) atoms. The number of hydrogen-bond donors (Lipinski definition) is 1. The second-order valence-corrected chi connectivity index (χ2v) is 14.1. The Hall–Kier alpha value is -2.83. The second-order valence-electron chi connectivity index (χ2n) is 13.8. The Kier molecular flexibility index (Phi) is 27.3. The van der Waals surface area contributed by atoms with Gasteiger partial charge in [-0.1, -0.05) is 79.7 Å². The first-order valence-electron chi connectivity index (χ1n) is 19.5. The van der Waals surface area contributed by atoms with E-state index in [4.69, 9.17) is 45.8 Å². The van der Waals surface area contributed by atoms with Crippen LogP contribution in [-0.4, -0.2) is 105 Å². The van der Waals surface area contributed by atoms with E-state index in [0.29, 0.717) is 51.2 Å². The number of halogens is 1. The second kappa shape index (κ2) is 30.5. The van der Waals surface area contributed by atoms with Gasteiger partial charge in [-0.3, -0.25) is 4.79 Å². The quantitative estimate of drug-likeness (QED) is 0.0674. The monoisotopic (exact) mass is 946 g/mol. The molecule has 18 heteroatoms. The fourth-order valence-electron chi connectivity index (χ4n) is 6.92. The molecule has 0 amide bonds. The standard InChI is InChI=1S/C22H23N3O3.C16H11ClN2O2.C6H13NO.CH2O3.CH4.2K.H/c1-27-14-17-9-6-12-25(17)21-20(15-7-4-3-5-8-15)23-18-11-10-16(22(26)28-2)13-19(18)24-21;1-21-16(20)11-7-8-12-13(9-11)19-15(17)14(18-12)10-5-3-2-4-6-10;1-8-5-6-3-2-4-7-6;2-1-4-3;;;;/h3-5,7-8,10-11,13,17H,6,9,12,14H2,1-2H3;2-9H,1H3;6-7H,2-5H2,1H3;1,3H;1H4;;;/q;;;;;2*+1;-1/p-1/t17-;;6-;;;;;/m1.1...../s1. The molecule has 8 rings (SSSR count). The van der Waals surface area contributed by atoms with Gasteiger partial charge in [-0.05, 0) is 68.6 Å². The Balaban J connectivity index is 0.000000504. The van der Waals surface area contributed by atoms with Crippen molar-refractivity contribution in [3.8, 4) is 22.5 Å². The average molecular weight is 948 g/mol. The molecule has 6 aromatic rings. The summed E-state index contributed by atoms with van der Waals surface area (Å²) in [5.41, 5.74) is 6.94. The van der Waals surface area contributed by atoms with E-state index in [1.807, 2.05) is 66.7 Å². The molecule has 2 aromatic heterocycles. The third-order valence-corrected chi connectivity index (χ3v) is 10.0. The van der Waals surface area contributed by atoms with E-state index < -0.39 is 5.97 Å². The van der Waals surface area contributed by atoms with Crippen LogP contribution in [0.4, 0.5) is 5.82 Å². The third kappa shape index (κ3) is 16.2. The molecule has 2 aliphatic heterocycles. The van der Waals surface area contributed by atoms with Gasteiger partial charge < -0.3 is 40.7 Å². The first-order valence-corrected chi connectivity index (χ1v) is 19.9. The van der Waals surface area contributed by atoms with Gasteiger partial charge in [-0.25, -0.2) is 29.5 Å². The van der Waals surface area contributed by atoms with E-state index in [0.717, 1.165) is 54.1 Å². The number of benzene rings is 4. The Morgan fingerprint density at radius 3 is 1.73 bits per heavy atom. The molecular weight excluding hydrogens is 894 g/mol.